The van der Waals surface area contributed by atoms with Crippen LogP contribution in [0.25, 0.3) is 32.1 Å². The maximum atomic E-state index is 17.3. The molecule has 2 aromatic carbocycles. The Kier molecular flexibility index (Phi) is 8.79. The second-order valence-corrected chi connectivity index (χ2v) is 15.0. The molecule has 270 valence electrons. The molecule has 16 heteroatoms. The molecule has 3 aliphatic heterocycles. The van der Waals surface area contributed by atoms with Crippen LogP contribution >= 0.6 is 22.9 Å². The van der Waals surface area contributed by atoms with E-state index < -0.39 is 11.6 Å². The second kappa shape index (κ2) is 13.3. The zero-order valence-electron chi connectivity index (χ0n) is 28.8. The van der Waals surface area contributed by atoms with Crippen molar-refractivity contribution in [1.82, 2.24) is 29.5 Å². The number of nitrogens with zero attached hydrogens (tertiary/aromatic N) is 8. The zero-order chi connectivity index (χ0) is 36.4. The van der Waals surface area contributed by atoms with E-state index in [9.17, 15) is 10.1 Å². The number of hydrogen-bond donors (Lipinski definition) is 1. The van der Waals surface area contributed by atoms with Gasteiger partial charge in [-0.05, 0) is 63.9 Å². The normalized spacial score (nSPS) is 18.8. The number of carbonyl (C=O) groups is 1. The molecule has 6 heterocycles. The quantitative estimate of drug-likeness (QED) is 0.220. The first-order valence-electron chi connectivity index (χ1n) is 17.2. The van der Waals surface area contributed by atoms with Crippen LogP contribution in [-0.4, -0.2) is 93.5 Å². The zero-order valence-corrected chi connectivity index (χ0v) is 30.4. The summed E-state index contributed by atoms with van der Waals surface area (Å²) in [6.07, 6.45) is 4.54. The van der Waals surface area contributed by atoms with Gasteiger partial charge in [-0.25, -0.2) is 8.78 Å². The number of fused-ring (bicyclic) bond motifs is 1. The van der Waals surface area contributed by atoms with Gasteiger partial charge < -0.3 is 25.0 Å². The molecule has 2 fully saturated rings. The molecule has 2 N–H and O–H groups in total. The predicted molar refractivity (Wildman–Crippen MR) is 195 cm³/mol. The summed E-state index contributed by atoms with van der Waals surface area (Å²) < 4.78 is 46.8. The molecular weight excluding hydrogens is 712 g/mol. The maximum Gasteiger partial charge on any atom is 0.319 e. The Hall–Kier alpha value is -4.78. The number of nitrogens with two attached hydrogens (primary N) is 1. The van der Waals surface area contributed by atoms with E-state index in [2.05, 4.69) is 26.0 Å². The predicted octanol–water partition coefficient (Wildman–Crippen LogP) is 6.00. The van der Waals surface area contributed by atoms with Crippen molar-refractivity contribution >= 4 is 60.7 Å². The Morgan fingerprint density at radius 3 is 2.62 bits per heavy atom. The number of ether oxygens (including phenoxy) is 2. The average molecular weight is 748 g/mol. The summed E-state index contributed by atoms with van der Waals surface area (Å²) in [5, 5.41) is 14.6. The van der Waals surface area contributed by atoms with Crippen LogP contribution in [-0.2, 0) is 7.05 Å². The van der Waals surface area contributed by atoms with E-state index in [0.717, 1.165) is 30.7 Å². The molecule has 0 aliphatic carbocycles. The number of likely N-dealkylation sites (N-methyl/N-ethyl adjacent to an activating group) is 1. The molecule has 0 bridgehead atoms. The number of nitriles is 1. The van der Waals surface area contributed by atoms with Gasteiger partial charge in [0.2, 0.25) is 0 Å². The van der Waals surface area contributed by atoms with Crippen LogP contribution in [0.4, 0.5) is 19.6 Å². The lowest BCUT2D eigenvalue weighted by Gasteiger charge is -2.38. The first-order valence-corrected chi connectivity index (χ1v) is 18.4. The van der Waals surface area contributed by atoms with Crippen molar-refractivity contribution in [1.29, 1.82) is 5.26 Å². The number of nitrogen functional groups attached to an aromatic ring is 1. The molecule has 2 atom stereocenters. The molecule has 52 heavy (non-hydrogen) atoms. The Balaban J connectivity index is 1.26. The fraction of sp³-hybridized carbons (Fsp3) is 0.417. The lowest BCUT2D eigenvalue weighted by Crippen LogP contribution is -2.48. The average Bonchev–Trinajstić information content (AvgIpc) is 3.82. The van der Waals surface area contributed by atoms with Gasteiger partial charge in [0, 0.05) is 49.4 Å². The number of aromatic nitrogens is 4. The molecule has 8 rings (SSSR count). The maximum absolute atomic E-state index is 17.3. The van der Waals surface area contributed by atoms with Gasteiger partial charge in [0.1, 0.15) is 46.6 Å². The Morgan fingerprint density at radius 2 is 1.92 bits per heavy atom. The fourth-order valence-corrected chi connectivity index (χ4v) is 9.27. The van der Waals surface area contributed by atoms with Crippen molar-refractivity contribution in [2.24, 2.45) is 7.05 Å². The first-order chi connectivity index (χ1) is 25.1. The second-order valence-electron chi connectivity index (χ2n) is 13.6. The van der Waals surface area contributed by atoms with Crippen LogP contribution in [0.3, 0.4) is 0 Å². The SMILES string of the molecule is C[C@H](Oc1nc2c3c(c(Cl)c(-c4ccc(F)c5sc(N)c(C#N)c45)c(F)c3n1)OCCN2C1CCN(C(=O)c2ccnn2C)CC1)[C@@H]1CCCN1C. The van der Waals surface area contributed by atoms with Crippen LogP contribution in [0, 0.1) is 23.0 Å². The first kappa shape index (κ1) is 34.3. The standard InChI is InChI=1S/C36H36ClF2N9O3S/c1-18(23-5-4-12-45(23)2)51-36-43-30-27-31(28(37)26(29(30)39)20-6-7-22(38)32-25(20)21(17-40)33(41)52-32)50-16-15-48(34(27)44-36)19-9-13-47(14-10-19)35(49)24-8-11-42-46(24)3/h6-8,11,18-19,23H,4-5,9-10,12-16,41H2,1-3H3/t18-,23-/m0/s1. The molecule has 3 aliphatic rings. The largest absolute Gasteiger partial charge is 0.489 e. The highest BCUT2D eigenvalue weighted by atomic mass is 35.5. The minimum Gasteiger partial charge on any atom is -0.489 e. The van der Waals surface area contributed by atoms with Crippen molar-refractivity contribution in [3.8, 4) is 29.0 Å². The van der Waals surface area contributed by atoms with E-state index in [-0.39, 0.29) is 84.8 Å². The highest BCUT2D eigenvalue weighted by Gasteiger charge is 2.36. The minimum atomic E-state index is -0.786. The fourth-order valence-electron chi connectivity index (χ4n) is 7.98. The van der Waals surface area contributed by atoms with Gasteiger partial charge in [-0.1, -0.05) is 17.7 Å². The van der Waals surface area contributed by atoms with Crippen LogP contribution in [0.5, 0.6) is 11.8 Å². The Labute approximate surface area is 307 Å². The van der Waals surface area contributed by atoms with E-state index in [4.69, 9.17) is 31.8 Å². The van der Waals surface area contributed by atoms with Crippen LogP contribution in [0.2, 0.25) is 5.02 Å². The van der Waals surface area contributed by atoms with Gasteiger partial charge in [0.05, 0.1) is 27.2 Å². The van der Waals surface area contributed by atoms with Crippen molar-refractivity contribution < 1.29 is 23.0 Å². The number of benzene rings is 2. The number of aryl methyl sites for hydroxylation is 1. The Morgan fingerprint density at radius 1 is 1.13 bits per heavy atom. The monoisotopic (exact) mass is 747 g/mol. The van der Waals surface area contributed by atoms with Crippen molar-refractivity contribution in [2.75, 3.05) is 50.5 Å². The van der Waals surface area contributed by atoms with Gasteiger partial charge in [-0.2, -0.15) is 20.3 Å². The van der Waals surface area contributed by atoms with Gasteiger partial charge >= 0.3 is 6.01 Å². The molecule has 12 nitrogen and oxygen atoms in total. The molecule has 2 saturated heterocycles. The summed E-state index contributed by atoms with van der Waals surface area (Å²) in [4.78, 5) is 29.0. The van der Waals surface area contributed by atoms with Gasteiger partial charge in [-0.3, -0.25) is 14.4 Å². The number of hydrogen-bond acceptors (Lipinski definition) is 11. The lowest BCUT2D eigenvalue weighted by molar-refractivity contribution is 0.0700. The molecular formula is C36H36ClF2N9O3S. The summed E-state index contributed by atoms with van der Waals surface area (Å²) in [6, 6.07) is 6.43. The number of amides is 1. The van der Waals surface area contributed by atoms with E-state index in [1.165, 1.54) is 12.1 Å². The third-order valence-electron chi connectivity index (χ3n) is 10.6. The smallest absolute Gasteiger partial charge is 0.319 e. The molecule has 0 saturated carbocycles. The Bertz CT molecular complexity index is 2280. The summed E-state index contributed by atoms with van der Waals surface area (Å²) in [7, 11) is 3.79. The molecule has 3 aromatic heterocycles. The van der Waals surface area contributed by atoms with E-state index in [1.54, 1.807) is 24.0 Å². The van der Waals surface area contributed by atoms with Crippen LogP contribution in [0.15, 0.2) is 24.4 Å². The number of rotatable bonds is 6. The minimum absolute atomic E-state index is 0.00545. The van der Waals surface area contributed by atoms with Gasteiger partial charge in [0.15, 0.2) is 11.6 Å². The molecule has 0 unspecified atom stereocenters. The van der Waals surface area contributed by atoms with Crippen molar-refractivity contribution in [2.45, 2.75) is 50.8 Å². The third kappa shape index (κ3) is 5.55. The highest BCUT2D eigenvalue weighted by molar-refractivity contribution is 7.23. The number of halogens is 3. The third-order valence-corrected chi connectivity index (χ3v) is 12.0. The van der Waals surface area contributed by atoms with Gasteiger partial charge in [0.25, 0.3) is 5.91 Å². The number of thiophene rings is 1. The number of carbonyl (C=O) groups excluding carboxylic acids is 1. The number of likely N-dealkylation sites (tertiary alicyclic amines) is 2. The highest BCUT2D eigenvalue weighted by Crippen LogP contribution is 2.51. The lowest BCUT2D eigenvalue weighted by atomic mass is 9.96. The number of anilines is 2. The molecule has 0 spiro atoms. The van der Waals surface area contributed by atoms with Crippen molar-refractivity contribution in [3.05, 3.63) is 52.3 Å². The van der Waals surface area contributed by atoms with Gasteiger partial charge in [-0.15, -0.1) is 11.3 Å². The van der Waals surface area contributed by atoms with E-state index in [0.29, 0.717) is 49.4 Å². The van der Waals surface area contributed by atoms with E-state index in [1.807, 2.05) is 18.9 Å². The summed E-state index contributed by atoms with van der Waals surface area (Å²) in [6.45, 7) is 4.50. The summed E-state index contributed by atoms with van der Waals surface area (Å²) in [5.74, 6) is -0.851. The number of piperidine rings is 1. The summed E-state index contributed by atoms with van der Waals surface area (Å²) in [5.41, 5.74) is 6.72. The molecule has 5 aromatic rings. The topological polar surface area (TPSA) is 139 Å². The summed E-state index contributed by atoms with van der Waals surface area (Å²) >= 11 is 8.01. The molecule has 0 radical (unpaired) electrons. The molecule has 1 amide bonds. The van der Waals surface area contributed by atoms with Crippen LogP contribution < -0.4 is 20.1 Å². The van der Waals surface area contributed by atoms with Crippen LogP contribution in [0.1, 0.15) is 48.7 Å². The van der Waals surface area contributed by atoms with Crippen molar-refractivity contribution in [3.63, 3.8) is 0 Å². The van der Waals surface area contributed by atoms with E-state index >= 15 is 8.78 Å².